The standard InChI is InChI=1S/C13H13BrFN3O/c1-2-16-11-6-13(19)18(17-7-11)8-9-3-4-10(14)5-12(9)15/h3-7,16H,2,8H2,1H3. The van der Waals surface area contributed by atoms with E-state index in [1.165, 1.54) is 16.8 Å². The normalized spacial score (nSPS) is 10.5. The molecule has 2 aromatic rings. The number of benzene rings is 1. The molecule has 0 radical (unpaired) electrons. The minimum Gasteiger partial charge on any atom is -0.384 e. The Morgan fingerprint density at radius 3 is 2.84 bits per heavy atom. The van der Waals surface area contributed by atoms with Gasteiger partial charge in [0.1, 0.15) is 5.82 Å². The third-order valence-electron chi connectivity index (χ3n) is 2.59. The second-order valence-electron chi connectivity index (χ2n) is 4.01. The van der Waals surface area contributed by atoms with Gasteiger partial charge in [0.25, 0.3) is 5.56 Å². The number of aromatic nitrogens is 2. The van der Waals surface area contributed by atoms with E-state index in [-0.39, 0.29) is 17.9 Å². The van der Waals surface area contributed by atoms with Crippen molar-refractivity contribution in [2.75, 3.05) is 11.9 Å². The molecule has 0 unspecified atom stereocenters. The summed E-state index contributed by atoms with van der Waals surface area (Å²) in [7, 11) is 0. The maximum atomic E-state index is 13.7. The summed E-state index contributed by atoms with van der Waals surface area (Å²) >= 11 is 3.19. The SMILES string of the molecule is CCNc1cnn(Cc2ccc(Br)cc2F)c(=O)c1. The summed E-state index contributed by atoms with van der Waals surface area (Å²) in [6, 6.07) is 6.18. The highest BCUT2D eigenvalue weighted by Crippen LogP contribution is 2.15. The van der Waals surface area contributed by atoms with Crippen molar-refractivity contribution in [3.63, 3.8) is 0 Å². The van der Waals surface area contributed by atoms with Crippen LogP contribution in [0, 0.1) is 5.82 Å². The van der Waals surface area contributed by atoms with Gasteiger partial charge >= 0.3 is 0 Å². The van der Waals surface area contributed by atoms with Crippen LogP contribution in [0.15, 0.2) is 39.7 Å². The lowest BCUT2D eigenvalue weighted by Gasteiger charge is -2.07. The first-order chi connectivity index (χ1) is 9.10. The molecule has 4 nitrogen and oxygen atoms in total. The molecule has 0 saturated carbocycles. The van der Waals surface area contributed by atoms with E-state index in [1.807, 2.05) is 6.92 Å². The average Bonchev–Trinajstić information content (AvgIpc) is 2.36. The molecule has 6 heteroatoms. The molecule has 2 rings (SSSR count). The highest BCUT2D eigenvalue weighted by Gasteiger charge is 2.06. The second kappa shape index (κ2) is 5.97. The number of nitrogens with zero attached hydrogens (tertiary/aromatic N) is 2. The fourth-order valence-corrected chi connectivity index (χ4v) is 2.00. The first kappa shape index (κ1) is 13.7. The van der Waals surface area contributed by atoms with Crippen LogP contribution in [0.5, 0.6) is 0 Å². The molecule has 0 fully saturated rings. The summed E-state index contributed by atoms with van der Waals surface area (Å²) < 4.78 is 15.6. The molecule has 1 N–H and O–H groups in total. The molecule has 100 valence electrons. The van der Waals surface area contributed by atoms with E-state index in [1.54, 1.807) is 18.3 Å². The zero-order valence-corrected chi connectivity index (χ0v) is 11.9. The number of rotatable bonds is 4. The molecular formula is C13H13BrFN3O. The summed E-state index contributed by atoms with van der Waals surface area (Å²) in [4.78, 5) is 11.8. The maximum absolute atomic E-state index is 13.7. The van der Waals surface area contributed by atoms with Gasteiger partial charge < -0.3 is 5.32 Å². The van der Waals surface area contributed by atoms with Gasteiger partial charge in [0.2, 0.25) is 0 Å². The number of hydrogen-bond acceptors (Lipinski definition) is 3. The molecule has 19 heavy (non-hydrogen) atoms. The van der Waals surface area contributed by atoms with Crippen LogP contribution in [0.1, 0.15) is 12.5 Å². The minimum absolute atomic E-state index is 0.115. The molecular weight excluding hydrogens is 313 g/mol. The van der Waals surface area contributed by atoms with Crippen LogP contribution in [0.2, 0.25) is 0 Å². The van der Waals surface area contributed by atoms with Crippen LogP contribution in [0.3, 0.4) is 0 Å². The zero-order valence-electron chi connectivity index (χ0n) is 10.4. The predicted molar refractivity (Wildman–Crippen MR) is 75.9 cm³/mol. The number of hydrogen-bond donors (Lipinski definition) is 1. The highest BCUT2D eigenvalue weighted by atomic mass is 79.9. The molecule has 0 atom stereocenters. The van der Waals surface area contributed by atoms with E-state index in [9.17, 15) is 9.18 Å². The van der Waals surface area contributed by atoms with Crippen molar-refractivity contribution in [3.05, 3.63) is 56.7 Å². The lowest BCUT2D eigenvalue weighted by Crippen LogP contribution is -2.23. The van der Waals surface area contributed by atoms with E-state index in [0.29, 0.717) is 22.3 Å². The number of nitrogens with one attached hydrogen (secondary N) is 1. The minimum atomic E-state index is -0.362. The van der Waals surface area contributed by atoms with Crippen LogP contribution < -0.4 is 10.9 Å². The lowest BCUT2D eigenvalue weighted by molar-refractivity contribution is 0.572. The van der Waals surface area contributed by atoms with Gasteiger partial charge in [-0.05, 0) is 19.1 Å². The Hall–Kier alpha value is -1.69. The summed E-state index contributed by atoms with van der Waals surface area (Å²) in [5, 5.41) is 7.02. The molecule has 0 aliphatic heterocycles. The van der Waals surface area contributed by atoms with Crippen LogP contribution in [0.4, 0.5) is 10.1 Å². The Kier molecular flexibility index (Phi) is 4.31. The highest BCUT2D eigenvalue weighted by molar-refractivity contribution is 9.10. The van der Waals surface area contributed by atoms with Crippen molar-refractivity contribution in [3.8, 4) is 0 Å². The van der Waals surface area contributed by atoms with Gasteiger partial charge in [-0.1, -0.05) is 22.0 Å². The van der Waals surface area contributed by atoms with Gasteiger partial charge in [-0.2, -0.15) is 5.10 Å². The van der Waals surface area contributed by atoms with Crippen molar-refractivity contribution in [1.82, 2.24) is 9.78 Å². The van der Waals surface area contributed by atoms with Crippen molar-refractivity contribution in [1.29, 1.82) is 0 Å². The molecule has 1 aromatic carbocycles. The van der Waals surface area contributed by atoms with Crippen molar-refractivity contribution in [2.45, 2.75) is 13.5 Å². The van der Waals surface area contributed by atoms with E-state index >= 15 is 0 Å². The fraction of sp³-hybridized carbons (Fsp3) is 0.231. The second-order valence-corrected chi connectivity index (χ2v) is 4.92. The molecule has 1 aromatic heterocycles. The predicted octanol–water partition coefficient (Wildman–Crippen LogP) is 2.63. The third kappa shape index (κ3) is 3.41. The molecule has 0 bridgehead atoms. The summed E-state index contributed by atoms with van der Waals surface area (Å²) in [6.07, 6.45) is 1.56. The van der Waals surface area contributed by atoms with Crippen molar-refractivity contribution < 1.29 is 4.39 Å². The first-order valence-corrected chi connectivity index (χ1v) is 6.64. The topological polar surface area (TPSA) is 46.9 Å². The Labute approximate surface area is 118 Å². The van der Waals surface area contributed by atoms with Gasteiger partial charge in [0.05, 0.1) is 18.4 Å². The summed E-state index contributed by atoms with van der Waals surface area (Å²) in [5.74, 6) is -0.362. The van der Waals surface area contributed by atoms with Crippen LogP contribution in [0.25, 0.3) is 0 Å². The first-order valence-electron chi connectivity index (χ1n) is 5.85. The molecule has 0 aliphatic carbocycles. The monoisotopic (exact) mass is 325 g/mol. The van der Waals surface area contributed by atoms with E-state index < -0.39 is 0 Å². The van der Waals surface area contributed by atoms with E-state index in [0.717, 1.165) is 0 Å². The quantitative estimate of drug-likeness (QED) is 0.940. The Bertz CT molecular complexity index is 642. The molecule has 0 aliphatic rings. The fourth-order valence-electron chi connectivity index (χ4n) is 1.66. The van der Waals surface area contributed by atoms with Crippen LogP contribution >= 0.6 is 15.9 Å². The number of anilines is 1. The number of halogens is 2. The molecule has 0 saturated heterocycles. The van der Waals surface area contributed by atoms with Crippen LogP contribution in [-0.2, 0) is 6.54 Å². The van der Waals surface area contributed by atoms with Gasteiger partial charge in [-0.25, -0.2) is 9.07 Å². The molecule has 0 amide bonds. The Morgan fingerprint density at radius 2 is 2.21 bits per heavy atom. The largest absolute Gasteiger partial charge is 0.384 e. The van der Waals surface area contributed by atoms with Gasteiger partial charge in [-0.15, -0.1) is 0 Å². The smallest absolute Gasteiger partial charge is 0.269 e. The molecule has 1 heterocycles. The summed E-state index contributed by atoms with van der Waals surface area (Å²) in [6.45, 7) is 2.76. The molecule has 0 spiro atoms. The Balaban J connectivity index is 2.26. The van der Waals surface area contributed by atoms with Crippen LogP contribution in [-0.4, -0.2) is 16.3 Å². The van der Waals surface area contributed by atoms with Gasteiger partial charge in [-0.3, -0.25) is 4.79 Å². The summed E-state index contributed by atoms with van der Waals surface area (Å²) in [5.41, 5.74) is 0.829. The van der Waals surface area contributed by atoms with Gasteiger partial charge in [0.15, 0.2) is 0 Å². The van der Waals surface area contributed by atoms with E-state index in [2.05, 4.69) is 26.3 Å². The van der Waals surface area contributed by atoms with Crippen molar-refractivity contribution in [2.24, 2.45) is 0 Å². The lowest BCUT2D eigenvalue weighted by atomic mass is 10.2. The van der Waals surface area contributed by atoms with Gasteiger partial charge in [0, 0.05) is 22.6 Å². The average molecular weight is 326 g/mol. The van der Waals surface area contributed by atoms with Crippen molar-refractivity contribution >= 4 is 21.6 Å². The Morgan fingerprint density at radius 1 is 1.42 bits per heavy atom. The maximum Gasteiger partial charge on any atom is 0.269 e. The zero-order chi connectivity index (χ0) is 13.8. The third-order valence-corrected chi connectivity index (χ3v) is 3.08. The van der Waals surface area contributed by atoms with E-state index in [4.69, 9.17) is 0 Å².